The van der Waals surface area contributed by atoms with Gasteiger partial charge in [0.15, 0.2) is 22.1 Å². The summed E-state index contributed by atoms with van der Waals surface area (Å²) >= 11 is 0. The van der Waals surface area contributed by atoms with E-state index in [2.05, 4.69) is 0 Å². The van der Waals surface area contributed by atoms with Crippen LogP contribution in [0, 0.1) is 23.2 Å². The van der Waals surface area contributed by atoms with Crippen molar-refractivity contribution in [2.45, 2.75) is 67.6 Å². The number of carbonyl (C=O) groups is 1. The minimum atomic E-state index is -6.26. The van der Waals surface area contributed by atoms with Crippen molar-refractivity contribution < 1.29 is 62.7 Å². The molecule has 0 aromatic heterocycles. The second-order valence-electron chi connectivity index (χ2n) is 9.74. The molecule has 0 radical (unpaired) electrons. The smallest absolute Gasteiger partial charge is 0.364 e. The summed E-state index contributed by atoms with van der Waals surface area (Å²) in [6, 6.07) is 0. The largest absolute Gasteiger partial charge is 0.743 e. The lowest BCUT2D eigenvalue weighted by Crippen LogP contribution is -2.65. The van der Waals surface area contributed by atoms with E-state index in [1.165, 1.54) is 0 Å². The van der Waals surface area contributed by atoms with Gasteiger partial charge in [-0.1, -0.05) is 0 Å². The van der Waals surface area contributed by atoms with Gasteiger partial charge in [-0.05, 0) is 38.0 Å². The van der Waals surface area contributed by atoms with Gasteiger partial charge < -0.3 is 18.8 Å². The maximum Gasteiger partial charge on any atom is 0.364 e. The highest BCUT2D eigenvalue weighted by atomic mass is 32.2. The highest BCUT2D eigenvalue weighted by Gasteiger charge is 2.70. The van der Waals surface area contributed by atoms with Crippen LogP contribution in [0.25, 0.3) is 0 Å². The van der Waals surface area contributed by atoms with E-state index in [4.69, 9.17) is 14.2 Å². The van der Waals surface area contributed by atoms with E-state index < -0.39 is 88.6 Å². The molecule has 0 amide bonds. The van der Waals surface area contributed by atoms with Crippen LogP contribution in [0.5, 0.6) is 0 Å². The third kappa shape index (κ3) is 3.90. The van der Waals surface area contributed by atoms with Crippen LogP contribution >= 0.6 is 0 Å². The van der Waals surface area contributed by atoms with E-state index in [0.29, 0.717) is 19.3 Å². The van der Waals surface area contributed by atoms with E-state index in [-0.39, 0.29) is 18.8 Å². The molecule has 5 aliphatic rings. The minimum Gasteiger partial charge on any atom is -0.743 e. The summed E-state index contributed by atoms with van der Waals surface area (Å²) in [6.45, 7) is -4.03. The summed E-state index contributed by atoms with van der Waals surface area (Å²) in [5, 5.41) is -5.19. The predicted octanol–water partition coefficient (Wildman–Crippen LogP) is 3.24. The number of rotatable bonds is 6. The van der Waals surface area contributed by atoms with Gasteiger partial charge in [0.05, 0.1) is 12.0 Å². The molecule has 5 rings (SSSR count). The molecule has 15 heteroatoms. The fraction of sp³-hybridized carbons (Fsp3) is 0.947. The first-order chi connectivity index (χ1) is 15.5. The van der Waals surface area contributed by atoms with Crippen LogP contribution in [-0.4, -0.2) is 67.8 Å². The molecule has 4 saturated carbocycles. The summed E-state index contributed by atoms with van der Waals surface area (Å²) < 4.78 is 143. The molecular weight excluding hydrogens is 505 g/mol. The summed E-state index contributed by atoms with van der Waals surface area (Å²) in [6.07, 6.45) is -3.59. The Morgan fingerprint density at radius 3 is 2.00 bits per heavy atom. The first-order valence-electron chi connectivity index (χ1n) is 10.6. The van der Waals surface area contributed by atoms with Crippen LogP contribution in [-0.2, 0) is 29.1 Å². The molecule has 5 fully saturated rings. The molecule has 1 heterocycles. The molecule has 1 aliphatic heterocycles. The topological polar surface area (TPSA) is 102 Å². The number of hydrogen-bond donors (Lipinski definition) is 0. The standard InChI is InChI=1S/C19H23F7O7S/c20-13(19(25,26)34(28,29)30)1-2-31-14(27)15-5-10-3-11(6-15)18(12(4-10)7-15)32-8-16(21,22)17(23,24)9-33-18/h10-13H,1-9H2,(H,28,29,30)/p-1. The fourth-order valence-corrected chi connectivity index (χ4v) is 6.47. The van der Waals surface area contributed by atoms with Crippen molar-refractivity contribution >= 4 is 16.1 Å². The normalized spacial score (nSPS) is 36.8. The van der Waals surface area contributed by atoms with Gasteiger partial charge >= 0.3 is 23.1 Å². The zero-order chi connectivity index (χ0) is 25.4. The second-order valence-corrected chi connectivity index (χ2v) is 11.2. The quantitative estimate of drug-likeness (QED) is 0.297. The monoisotopic (exact) mass is 527 g/mol. The molecule has 1 saturated heterocycles. The van der Waals surface area contributed by atoms with E-state index >= 15 is 0 Å². The first kappa shape index (κ1) is 25.9. The Morgan fingerprint density at radius 1 is 1.03 bits per heavy atom. The lowest BCUT2D eigenvalue weighted by Gasteiger charge is -2.62. The van der Waals surface area contributed by atoms with Gasteiger partial charge in [-0.25, -0.2) is 12.8 Å². The lowest BCUT2D eigenvalue weighted by molar-refractivity contribution is -0.345. The predicted molar refractivity (Wildman–Crippen MR) is 95.6 cm³/mol. The minimum absolute atomic E-state index is 0.0138. The van der Waals surface area contributed by atoms with Crippen LogP contribution in [0.15, 0.2) is 0 Å². The van der Waals surface area contributed by atoms with Crippen LogP contribution < -0.4 is 0 Å². The van der Waals surface area contributed by atoms with Gasteiger partial charge in [0.25, 0.3) is 0 Å². The number of esters is 1. The lowest BCUT2D eigenvalue weighted by atomic mass is 9.47. The molecular formula is C19H22F7O7S-. The Morgan fingerprint density at radius 2 is 1.53 bits per heavy atom. The molecule has 4 aliphatic carbocycles. The molecule has 0 N–H and O–H groups in total. The van der Waals surface area contributed by atoms with Crippen molar-refractivity contribution in [1.82, 2.24) is 0 Å². The molecule has 3 atom stereocenters. The molecule has 4 bridgehead atoms. The van der Waals surface area contributed by atoms with E-state index in [1.807, 2.05) is 0 Å². The van der Waals surface area contributed by atoms with Gasteiger partial charge in [0.1, 0.15) is 13.2 Å². The van der Waals surface area contributed by atoms with Crippen molar-refractivity contribution in [3.05, 3.63) is 0 Å². The molecule has 0 aromatic rings. The van der Waals surface area contributed by atoms with Crippen molar-refractivity contribution in [3.63, 3.8) is 0 Å². The average molecular weight is 527 g/mol. The number of ether oxygens (including phenoxy) is 3. The fourth-order valence-electron chi connectivity index (χ4n) is 6.04. The molecule has 196 valence electrons. The zero-order valence-electron chi connectivity index (χ0n) is 17.6. The van der Waals surface area contributed by atoms with Gasteiger partial charge in [-0.15, -0.1) is 0 Å². The van der Waals surface area contributed by atoms with Crippen molar-refractivity contribution in [1.29, 1.82) is 0 Å². The first-order valence-corrected chi connectivity index (χ1v) is 12.0. The highest BCUT2D eigenvalue weighted by Crippen LogP contribution is 2.66. The number of alkyl halides is 7. The van der Waals surface area contributed by atoms with Crippen LogP contribution in [0.1, 0.15) is 38.5 Å². The molecule has 0 aromatic carbocycles. The third-order valence-electron chi connectivity index (χ3n) is 7.56. The number of carbonyl (C=O) groups excluding carboxylic acids is 1. The molecule has 1 spiro atoms. The van der Waals surface area contributed by atoms with E-state index in [1.54, 1.807) is 0 Å². The van der Waals surface area contributed by atoms with Crippen molar-refractivity contribution in [3.8, 4) is 0 Å². The summed E-state index contributed by atoms with van der Waals surface area (Å²) in [4.78, 5) is 12.8. The van der Waals surface area contributed by atoms with Crippen LogP contribution in [0.4, 0.5) is 30.7 Å². The third-order valence-corrected chi connectivity index (χ3v) is 8.48. The number of hydrogen-bond acceptors (Lipinski definition) is 7. The van der Waals surface area contributed by atoms with E-state index in [0.717, 1.165) is 0 Å². The summed E-state index contributed by atoms with van der Waals surface area (Å²) in [5.74, 6) is -12.9. The van der Waals surface area contributed by atoms with Crippen LogP contribution in [0.3, 0.4) is 0 Å². The van der Waals surface area contributed by atoms with Gasteiger partial charge in [0.2, 0.25) is 0 Å². The Labute approximate surface area is 190 Å². The maximum absolute atomic E-state index is 13.8. The maximum atomic E-state index is 13.8. The number of halogens is 7. The summed E-state index contributed by atoms with van der Waals surface area (Å²) in [5.41, 5.74) is -1.19. The average Bonchev–Trinajstić information content (AvgIpc) is 2.80. The Kier molecular flexibility index (Phi) is 6.02. The van der Waals surface area contributed by atoms with E-state index in [9.17, 15) is 48.5 Å². The van der Waals surface area contributed by atoms with Gasteiger partial charge in [-0.3, -0.25) is 4.79 Å². The highest BCUT2D eigenvalue weighted by molar-refractivity contribution is 7.86. The molecule has 34 heavy (non-hydrogen) atoms. The Balaban J connectivity index is 1.44. The Bertz CT molecular complexity index is 905. The van der Waals surface area contributed by atoms with Crippen LogP contribution in [0.2, 0.25) is 0 Å². The molecule has 7 nitrogen and oxygen atoms in total. The van der Waals surface area contributed by atoms with Crippen molar-refractivity contribution in [2.24, 2.45) is 23.2 Å². The Hall–Kier alpha value is -1.19. The summed E-state index contributed by atoms with van der Waals surface area (Å²) in [7, 11) is -6.26. The van der Waals surface area contributed by atoms with Gasteiger partial charge in [-0.2, -0.15) is 26.3 Å². The SMILES string of the molecule is O=C(OCCC(F)C(F)(F)S(=O)(=O)[O-])C12CC3CC(C1)C1(OCC(F)(F)C(F)(F)CO1)C(C3)C2. The molecule has 3 unspecified atom stereocenters. The van der Waals surface area contributed by atoms with Gasteiger partial charge in [0, 0.05) is 18.3 Å². The second kappa shape index (κ2) is 7.90. The van der Waals surface area contributed by atoms with Crippen molar-refractivity contribution in [2.75, 3.05) is 19.8 Å². The zero-order valence-corrected chi connectivity index (χ0v) is 18.4.